The van der Waals surface area contributed by atoms with Crippen molar-refractivity contribution in [2.75, 3.05) is 13.5 Å². The molecule has 0 bridgehead atoms. The van der Waals surface area contributed by atoms with Crippen LogP contribution in [-0.2, 0) is 11.2 Å². The van der Waals surface area contributed by atoms with Crippen LogP contribution in [0.5, 0.6) is 5.75 Å². The van der Waals surface area contributed by atoms with Gasteiger partial charge >= 0.3 is 5.97 Å². The van der Waals surface area contributed by atoms with Crippen molar-refractivity contribution in [2.45, 2.75) is 33.2 Å². The first-order chi connectivity index (χ1) is 11.0. The lowest BCUT2D eigenvalue weighted by atomic mass is 10.1. The van der Waals surface area contributed by atoms with Crippen LogP contribution in [0.25, 0.3) is 10.9 Å². The molecule has 1 aromatic carbocycles. The van der Waals surface area contributed by atoms with Crippen molar-refractivity contribution in [3.8, 4) is 5.75 Å². The number of nitrogens with one attached hydrogen (secondary N) is 1. The summed E-state index contributed by atoms with van der Waals surface area (Å²) in [5.74, 6) is -0.305. The summed E-state index contributed by atoms with van der Waals surface area (Å²) in [6.45, 7) is 2.60. The molecular weight excluding hydrogens is 252 g/mol. The number of hydrogen-bond acceptors (Lipinski definition) is 3. The monoisotopic (exact) mass is 278 g/mol. The highest BCUT2D eigenvalue weighted by atomic mass is 16.5. The second-order valence-electron chi connectivity index (χ2n) is 4.92. The molecule has 0 unspecified atom stereocenters. The molecule has 2 aromatic rings. The van der Waals surface area contributed by atoms with Crippen molar-refractivity contribution in [3.63, 3.8) is 0 Å². The Bertz CT molecular complexity index is 756. The minimum absolute atomic E-state index is 0.117. The summed E-state index contributed by atoms with van der Waals surface area (Å²) in [6, 6.07) is 4.79. The van der Waals surface area contributed by atoms with Gasteiger partial charge in [0.1, 0.15) is 5.75 Å². The highest BCUT2D eigenvalue weighted by Gasteiger charge is 2.12. The summed E-state index contributed by atoms with van der Waals surface area (Å²) < 4.78 is 38.8. The second kappa shape index (κ2) is 6.09. The summed E-state index contributed by atoms with van der Waals surface area (Å²) in [7, 11) is 1.55. The number of aromatic nitrogens is 1. The van der Waals surface area contributed by atoms with Gasteiger partial charge in [0, 0.05) is 42.0 Å². The van der Waals surface area contributed by atoms with Crippen LogP contribution in [0.4, 0.5) is 0 Å². The Kier molecular flexibility index (Phi) is 3.05. The number of benzene rings is 1. The molecule has 4 nitrogen and oxygen atoms in total. The Morgan fingerprint density at radius 2 is 2.25 bits per heavy atom. The van der Waals surface area contributed by atoms with E-state index in [4.69, 9.17) is 10.2 Å². The van der Waals surface area contributed by atoms with E-state index in [0.717, 1.165) is 0 Å². The predicted molar refractivity (Wildman–Crippen MR) is 81.1 cm³/mol. The molecule has 1 N–H and O–H groups in total. The Balaban J connectivity index is 2.64. The molecule has 1 heterocycles. The lowest BCUT2D eigenvalue weighted by Crippen LogP contribution is -2.28. The van der Waals surface area contributed by atoms with E-state index in [9.17, 15) is 4.79 Å². The summed E-state index contributed by atoms with van der Waals surface area (Å²) in [5, 5.41) is 0.374. The van der Waals surface area contributed by atoms with E-state index in [2.05, 4.69) is 4.98 Å². The molecule has 0 saturated carbocycles. The number of H-pyrrole nitrogens is 1. The SMILES string of the molecule is [2H]C([2H])(c1c[nH]c2cccc(OC(C)=O)c12)C([2H])([2H])N(C)C(C)C. The number of rotatable bonds is 5. The van der Waals surface area contributed by atoms with E-state index in [1.807, 2.05) is 0 Å². The number of fused-ring (bicyclic) bond motifs is 1. The molecular formula is C16H22N2O2. The average Bonchev–Trinajstić information content (AvgIpc) is 2.91. The van der Waals surface area contributed by atoms with Gasteiger partial charge in [0.15, 0.2) is 0 Å². The van der Waals surface area contributed by atoms with Crippen molar-refractivity contribution in [1.29, 1.82) is 0 Å². The van der Waals surface area contributed by atoms with Gasteiger partial charge in [-0.15, -0.1) is 0 Å². The van der Waals surface area contributed by atoms with Crippen LogP contribution in [0.3, 0.4) is 0 Å². The predicted octanol–water partition coefficient (Wildman–Crippen LogP) is 2.98. The summed E-state index contributed by atoms with van der Waals surface area (Å²) in [6.07, 6.45) is -0.899. The lowest BCUT2D eigenvalue weighted by Gasteiger charge is -2.20. The maximum atomic E-state index is 11.3. The molecule has 0 aliphatic carbocycles. The summed E-state index contributed by atoms with van der Waals surface area (Å²) in [5.41, 5.74) is 0.697. The first kappa shape index (κ1) is 10.00. The third-order valence-electron chi connectivity index (χ3n) is 3.06. The molecule has 0 radical (unpaired) electrons. The van der Waals surface area contributed by atoms with E-state index >= 15 is 0 Å². The molecule has 0 amide bonds. The minimum atomic E-state index is -2.33. The van der Waals surface area contributed by atoms with E-state index in [1.54, 1.807) is 39.1 Å². The highest BCUT2D eigenvalue weighted by Crippen LogP contribution is 2.29. The minimum Gasteiger partial charge on any atom is -0.426 e. The number of carbonyl (C=O) groups excluding carboxylic acids is 1. The standard InChI is InChI=1S/C16H22N2O2/c1-11(2)18(4)9-8-13-10-17-14-6-5-7-15(16(13)14)20-12(3)19/h5-7,10-11,17H,8-9H2,1-4H3/i8D2,9D2. The first-order valence-corrected chi connectivity index (χ1v) is 6.52. The van der Waals surface area contributed by atoms with E-state index in [0.29, 0.717) is 10.9 Å². The number of aromatic amines is 1. The van der Waals surface area contributed by atoms with E-state index in [1.165, 1.54) is 18.0 Å². The Hall–Kier alpha value is -1.81. The van der Waals surface area contributed by atoms with Gasteiger partial charge in [0.2, 0.25) is 0 Å². The molecule has 108 valence electrons. The number of likely N-dealkylation sites (N-methyl/N-ethyl adjacent to an activating group) is 1. The number of ether oxygens (including phenoxy) is 1. The van der Waals surface area contributed by atoms with Crippen LogP contribution in [0.2, 0.25) is 0 Å². The normalized spacial score (nSPS) is 15.9. The quantitative estimate of drug-likeness (QED) is 0.675. The number of hydrogen-bond donors (Lipinski definition) is 1. The van der Waals surface area contributed by atoms with Gasteiger partial charge in [-0.1, -0.05) is 6.07 Å². The van der Waals surface area contributed by atoms with Gasteiger partial charge in [0.05, 0.1) is 0 Å². The van der Waals surface area contributed by atoms with E-state index in [-0.39, 0.29) is 17.4 Å². The van der Waals surface area contributed by atoms with Crippen molar-refractivity contribution >= 4 is 16.9 Å². The molecule has 0 aliphatic rings. The second-order valence-corrected chi connectivity index (χ2v) is 4.92. The van der Waals surface area contributed by atoms with E-state index < -0.39 is 18.8 Å². The maximum absolute atomic E-state index is 11.3. The van der Waals surface area contributed by atoms with Gasteiger partial charge in [-0.05, 0) is 45.0 Å². The topological polar surface area (TPSA) is 45.3 Å². The lowest BCUT2D eigenvalue weighted by molar-refractivity contribution is -0.131. The number of esters is 1. The van der Waals surface area contributed by atoms with Gasteiger partial charge in [0.25, 0.3) is 0 Å². The number of carbonyl (C=O) groups is 1. The summed E-state index contributed by atoms with van der Waals surface area (Å²) >= 11 is 0. The largest absolute Gasteiger partial charge is 0.426 e. The van der Waals surface area contributed by atoms with Crippen molar-refractivity contribution in [1.82, 2.24) is 9.88 Å². The molecule has 0 saturated heterocycles. The zero-order valence-corrected chi connectivity index (χ0v) is 12.2. The molecule has 0 aliphatic heterocycles. The number of aryl methyl sites for hydroxylation is 1. The third kappa shape index (κ3) is 3.20. The zero-order chi connectivity index (χ0) is 18.3. The van der Waals surface area contributed by atoms with Crippen LogP contribution in [-0.4, -0.2) is 35.4 Å². The average molecular weight is 278 g/mol. The fourth-order valence-electron chi connectivity index (χ4n) is 1.77. The Morgan fingerprint density at radius 3 is 2.90 bits per heavy atom. The smallest absolute Gasteiger partial charge is 0.308 e. The molecule has 4 heteroatoms. The van der Waals surface area contributed by atoms with Gasteiger partial charge < -0.3 is 14.6 Å². The Morgan fingerprint density at radius 1 is 1.50 bits per heavy atom. The van der Waals surface area contributed by atoms with Crippen LogP contribution in [0, 0.1) is 0 Å². The summed E-state index contributed by atoms with van der Waals surface area (Å²) in [4.78, 5) is 15.6. The van der Waals surface area contributed by atoms with Crippen LogP contribution >= 0.6 is 0 Å². The Labute approximate surface area is 125 Å². The fourth-order valence-corrected chi connectivity index (χ4v) is 1.77. The molecule has 1 aromatic heterocycles. The van der Waals surface area contributed by atoms with Crippen molar-refractivity contribution in [3.05, 3.63) is 30.0 Å². The molecule has 0 atom stereocenters. The molecule has 0 fully saturated rings. The van der Waals surface area contributed by atoms with Crippen molar-refractivity contribution in [2.24, 2.45) is 0 Å². The maximum Gasteiger partial charge on any atom is 0.308 e. The zero-order valence-electron chi connectivity index (χ0n) is 16.2. The third-order valence-corrected chi connectivity index (χ3v) is 3.06. The molecule has 20 heavy (non-hydrogen) atoms. The molecule has 0 spiro atoms. The van der Waals surface area contributed by atoms with Crippen LogP contribution in [0.15, 0.2) is 24.4 Å². The van der Waals surface area contributed by atoms with Crippen molar-refractivity contribution < 1.29 is 15.0 Å². The first-order valence-electron chi connectivity index (χ1n) is 8.52. The van der Waals surface area contributed by atoms with Crippen LogP contribution in [0.1, 0.15) is 31.8 Å². The highest BCUT2D eigenvalue weighted by molar-refractivity contribution is 5.91. The van der Waals surface area contributed by atoms with Crippen LogP contribution < -0.4 is 4.74 Å². The van der Waals surface area contributed by atoms with Gasteiger partial charge in [-0.2, -0.15) is 0 Å². The van der Waals surface area contributed by atoms with Gasteiger partial charge in [-0.3, -0.25) is 4.79 Å². The fraction of sp³-hybridized carbons (Fsp3) is 0.438. The number of nitrogens with zero attached hydrogens (tertiary/aromatic N) is 1. The molecule has 2 rings (SSSR count). The van der Waals surface area contributed by atoms with Gasteiger partial charge in [-0.25, -0.2) is 0 Å².